The third kappa shape index (κ3) is 7.36. The summed E-state index contributed by atoms with van der Waals surface area (Å²) in [5.41, 5.74) is 2.64. The molecular formula is C26H28N2O5. The fourth-order valence-corrected chi connectivity index (χ4v) is 3.13. The number of carbonyl (C=O) groups is 2. The molecule has 2 amide bonds. The van der Waals surface area contributed by atoms with Crippen molar-refractivity contribution in [3.8, 4) is 5.75 Å². The number of amides is 2. The first-order chi connectivity index (χ1) is 16.1. The second-order valence-corrected chi connectivity index (χ2v) is 7.32. The summed E-state index contributed by atoms with van der Waals surface area (Å²) in [6, 6.07) is 24.4. The topological polar surface area (TPSA) is 77.1 Å². The van der Waals surface area contributed by atoms with Crippen LogP contribution in [0.2, 0.25) is 0 Å². The molecule has 7 heteroatoms. The maximum Gasteiger partial charge on any atom is 0.411 e. The van der Waals surface area contributed by atoms with E-state index >= 15 is 0 Å². The number of hydroxylamine groups is 2. The Morgan fingerprint density at radius 1 is 0.909 bits per heavy atom. The number of anilines is 1. The summed E-state index contributed by atoms with van der Waals surface area (Å²) in [7, 11) is 2.89. The van der Waals surface area contributed by atoms with Crippen LogP contribution in [0.15, 0.2) is 78.9 Å². The lowest BCUT2D eigenvalue weighted by Gasteiger charge is -2.18. The van der Waals surface area contributed by atoms with E-state index in [0.29, 0.717) is 18.0 Å². The molecular weight excluding hydrogens is 420 g/mol. The van der Waals surface area contributed by atoms with Crippen LogP contribution < -0.4 is 10.1 Å². The van der Waals surface area contributed by atoms with Crippen molar-refractivity contribution >= 4 is 17.7 Å². The zero-order valence-corrected chi connectivity index (χ0v) is 18.8. The molecule has 0 radical (unpaired) electrons. The SMILES string of the molecule is CON(C)C(=O)c1cc(OCCCc2ccccc2)ccc1NC(=O)OCc1ccccc1. The lowest BCUT2D eigenvalue weighted by Crippen LogP contribution is -2.27. The summed E-state index contributed by atoms with van der Waals surface area (Å²) < 4.78 is 11.1. The number of ether oxygens (including phenoxy) is 2. The highest BCUT2D eigenvalue weighted by Gasteiger charge is 2.19. The van der Waals surface area contributed by atoms with Crippen molar-refractivity contribution < 1.29 is 23.9 Å². The Bertz CT molecular complexity index is 1040. The predicted molar refractivity (Wildman–Crippen MR) is 126 cm³/mol. The van der Waals surface area contributed by atoms with Gasteiger partial charge in [-0.05, 0) is 42.2 Å². The van der Waals surface area contributed by atoms with Gasteiger partial charge in [-0.15, -0.1) is 0 Å². The quantitative estimate of drug-likeness (QED) is 0.346. The maximum absolute atomic E-state index is 12.8. The second-order valence-electron chi connectivity index (χ2n) is 7.32. The van der Waals surface area contributed by atoms with Gasteiger partial charge in [0.15, 0.2) is 0 Å². The molecule has 0 atom stereocenters. The van der Waals surface area contributed by atoms with Gasteiger partial charge in [0.05, 0.1) is 25.0 Å². The number of aryl methyl sites for hydroxylation is 1. The third-order valence-corrected chi connectivity index (χ3v) is 4.95. The number of hydrogen-bond donors (Lipinski definition) is 1. The summed E-state index contributed by atoms with van der Waals surface area (Å²) in [5.74, 6) is 0.102. The standard InChI is InChI=1S/C26H28N2O5/c1-28(31-2)25(29)23-18-22(32-17-9-14-20-10-5-3-6-11-20)15-16-24(23)27-26(30)33-19-21-12-7-4-8-13-21/h3-8,10-13,15-16,18H,9,14,17,19H2,1-2H3,(H,27,30). The van der Waals surface area contributed by atoms with Gasteiger partial charge in [-0.2, -0.15) is 0 Å². The zero-order valence-electron chi connectivity index (χ0n) is 18.8. The normalized spacial score (nSPS) is 10.4. The minimum Gasteiger partial charge on any atom is -0.494 e. The molecule has 0 heterocycles. The first-order valence-corrected chi connectivity index (χ1v) is 10.7. The van der Waals surface area contributed by atoms with Gasteiger partial charge in [0.1, 0.15) is 12.4 Å². The van der Waals surface area contributed by atoms with Crippen molar-refractivity contribution in [2.75, 3.05) is 26.1 Å². The van der Waals surface area contributed by atoms with Crippen LogP contribution in [-0.2, 0) is 22.6 Å². The molecule has 0 fully saturated rings. The van der Waals surface area contributed by atoms with Crippen LogP contribution in [-0.4, -0.2) is 37.8 Å². The molecule has 0 spiro atoms. The highest BCUT2D eigenvalue weighted by molar-refractivity contribution is 6.02. The molecule has 0 saturated carbocycles. The minimum absolute atomic E-state index is 0.122. The Balaban J connectivity index is 1.63. The third-order valence-electron chi connectivity index (χ3n) is 4.95. The second kappa shape index (κ2) is 12.3. The van der Waals surface area contributed by atoms with Crippen molar-refractivity contribution in [3.63, 3.8) is 0 Å². The lowest BCUT2D eigenvalue weighted by molar-refractivity contribution is -0.0756. The fraction of sp³-hybridized carbons (Fsp3) is 0.231. The van der Waals surface area contributed by atoms with Crippen molar-refractivity contribution in [3.05, 3.63) is 95.6 Å². The summed E-state index contributed by atoms with van der Waals surface area (Å²) in [5, 5.41) is 3.72. The van der Waals surface area contributed by atoms with Gasteiger partial charge in [-0.25, -0.2) is 9.86 Å². The van der Waals surface area contributed by atoms with Gasteiger partial charge in [0.2, 0.25) is 0 Å². The summed E-state index contributed by atoms with van der Waals surface area (Å²) in [6.07, 6.45) is 1.06. The van der Waals surface area contributed by atoms with Crippen molar-refractivity contribution in [2.24, 2.45) is 0 Å². The smallest absolute Gasteiger partial charge is 0.411 e. The van der Waals surface area contributed by atoms with E-state index in [4.69, 9.17) is 14.3 Å². The molecule has 1 N–H and O–H groups in total. The maximum atomic E-state index is 12.8. The van der Waals surface area contributed by atoms with Crippen LogP contribution >= 0.6 is 0 Å². The van der Waals surface area contributed by atoms with Gasteiger partial charge >= 0.3 is 6.09 Å². The number of carbonyl (C=O) groups excluding carboxylic acids is 2. The van der Waals surface area contributed by atoms with Crippen molar-refractivity contribution in [2.45, 2.75) is 19.4 Å². The van der Waals surface area contributed by atoms with Crippen LogP contribution in [0.4, 0.5) is 10.5 Å². The molecule has 33 heavy (non-hydrogen) atoms. The number of nitrogens with zero attached hydrogens (tertiary/aromatic N) is 1. The molecule has 3 rings (SSSR count). The zero-order chi connectivity index (χ0) is 23.5. The molecule has 3 aromatic carbocycles. The Labute approximate surface area is 193 Å². The predicted octanol–water partition coefficient (Wildman–Crippen LogP) is 5.08. The van der Waals surface area contributed by atoms with Crippen LogP contribution in [0.1, 0.15) is 27.9 Å². The molecule has 0 aliphatic carbocycles. The number of rotatable bonds is 10. The monoisotopic (exact) mass is 448 g/mol. The number of nitrogens with one attached hydrogen (secondary N) is 1. The highest BCUT2D eigenvalue weighted by Crippen LogP contribution is 2.24. The first kappa shape index (κ1) is 23.8. The van der Waals surface area contributed by atoms with Crippen LogP contribution in [0, 0.1) is 0 Å². The van der Waals surface area contributed by atoms with Gasteiger partial charge < -0.3 is 9.47 Å². The van der Waals surface area contributed by atoms with E-state index in [0.717, 1.165) is 23.5 Å². The van der Waals surface area contributed by atoms with E-state index < -0.39 is 12.0 Å². The fourth-order valence-electron chi connectivity index (χ4n) is 3.13. The lowest BCUT2D eigenvalue weighted by atomic mass is 10.1. The largest absolute Gasteiger partial charge is 0.494 e. The number of hydrogen-bond acceptors (Lipinski definition) is 5. The average Bonchev–Trinajstić information content (AvgIpc) is 2.86. The molecule has 172 valence electrons. The van der Waals surface area contributed by atoms with Crippen LogP contribution in [0.5, 0.6) is 5.75 Å². The molecule has 3 aromatic rings. The Kier molecular flexibility index (Phi) is 8.85. The summed E-state index contributed by atoms with van der Waals surface area (Å²) in [6.45, 7) is 0.616. The van der Waals surface area contributed by atoms with Crippen LogP contribution in [0.25, 0.3) is 0 Å². The number of benzene rings is 3. The molecule has 0 aliphatic heterocycles. The van der Waals surface area contributed by atoms with Crippen LogP contribution in [0.3, 0.4) is 0 Å². The average molecular weight is 449 g/mol. The van der Waals surface area contributed by atoms with Gasteiger partial charge in [0.25, 0.3) is 5.91 Å². The van der Waals surface area contributed by atoms with Crippen molar-refractivity contribution in [1.29, 1.82) is 0 Å². The molecule has 0 saturated heterocycles. The first-order valence-electron chi connectivity index (χ1n) is 10.7. The molecule has 0 aliphatic rings. The van der Waals surface area contributed by atoms with Gasteiger partial charge in [-0.1, -0.05) is 60.7 Å². The Morgan fingerprint density at radius 2 is 1.58 bits per heavy atom. The van der Waals surface area contributed by atoms with E-state index in [2.05, 4.69) is 17.4 Å². The summed E-state index contributed by atoms with van der Waals surface area (Å²) in [4.78, 5) is 30.1. The molecule has 7 nitrogen and oxygen atoms in total. The van der Waals surface area contributed by atoms with Gasteiger partial charge in [-0.3, -0.25) is 14.9 Å². The molecule has 0 aromatic heterocycles. The molecule has 0 unspecified atom stereocenters. The summed E-state index contributed by atoms with van der Waals surface area (Å²) >= 11 is 0. The van der Waals surface area contributed by atoms with E-state index in [9.17, 15) is 9.59 Å². The van der Waals surface area contributed by atoms with Gasteiger partial charge in [0, 0.05) is 7.05 Å². The van der Waals surface area contributed by atoms with Crippen molar-refractivity contribution in [1.82, 2.24) is 5.06 Å². The highest BCUT2D eigenvalue weighted by atomic mass is 16.7. The Hall–Kier alpha value is -3.84. The Morgan fingerprint density at radius 3 is 2.24 bits per heavy atom. The van der Waals surface area contributed by atoms with E-state index in [1.54, 1.807) is 18.2 Å². The minimum atomic E-state index is -0.662. The van der Waals surface area contributed by atoms with E-state index in [1.165, 1.54) is 19.7 Å². The molecule has 0 bridgehead atoms. The van der Waals surface area contributed by atoms with E-state index in [1.807, 2.05) is 48.5 Å². The van der Waals surface area contributed by atoms with E-state index in [-0.39, 0.29) is 12.2 Å².